The van der Waals surface area contributed by atoms with Gasteiger partial charge in [0.2, 0.25) is 5.91 Å². The van der Waals surface area contributed by atoms with Crippen LogP contribution in [0.25, 0.3) is 10.9 Å². The van der Waals surface area contributed by atoms with Gasteiger partial charge in [-0.05, 0) is 18.9 Å². The number of nitrogens with zero attached hydrogens (tertiary/aromatic N) is 2. The molecule has 2 heterocycles. The molecule has 3 rings (SSSR count). The number of nitrogens with one attached hydrogen (secondary N) is 1. The van der Waals surface area contributed by atoms with Gasteiger partial charge in [0.05, 0.1) is 11.4 Å². The first-order chi connectivity index (χ1) is 13.1. The number of H-pyrrole nitrogens is 1. The first-order valence-electron chi connectivity index (χ1n) is 9.84. The molecule has 1 aliphatic rings. The van der Waals surface area contributed by atoms with Crippen LogP contribution in [0.2, 0.25) is 0 Å². The maximum absolute atomic E-state index is 13.2. The quantitative estimate of drug-likeness (QED) is 0.782. The van der Waals surface area contributed by atoms with Crippen molar-refractivity contribution in [1.82, 2.24) is 14.8 Å². The average Bonchev–Trinajstić information content (AvgIpc) is 3.35. The molecule has 0 radical (unpaired) electrons. The molecule has 2 aromatic rings. The second-order valence-corrected chi connectivity index (χ2v) is 8.10. The predicted octanol–water partition coefficient (Wildman–Crippen LogP) is 3.97. The Morgan fingerprint density at radius 1 is 1.26 bits per heavy atom. The van der Waals surface area contributed by atoms with Crippen molar-refractivity contribution in [3.63, 3.8) is 0 Å². The summed E-state index contributed by atoms with van der Waals surface area (Å²) in [5, 5.41) is 0.912. The summed E-state index contributed by atoms with van der Waals surface area (Å²) in [6.07, 6.45) is 3.90. The summed E-state index contributed by atoms with van der Waals surface area (Å²) in [4.78, 5) is 33.3. The zero-order valence-corrected chi connectivity index (χ0v) is 17.2. The third-order valence-electron chi connectivity index (χ3n) is 5.57. The molecular weight excluding hydrogens is 358 g/mol. The monoisotopic (exact) mass is 387 g/mol. The zero-order chi connectivity index (χ0) is 19.4. The van der Waals surface area contributed by atoms with E-state index >= 15 is 0 Å². The summed E-state index contributed by atoms with van der Waals surface area (Å²) in [7, 11) is 0. The third kappa shape index (κ3) is 4.00. The Kier molecular flexibility index (Phi) is 6.47. The van der Waals surface area contributed by atoms with Crippen molar-refractivity contribution in [2.75, 3.05) is 24.7 Å². The Morgan fingerprint density at radius 3 is 2.70 bits per heavy atom. The minimum atomic E-state index is -0.370. The molecule has 1 unspecified atom stereocenters. The Balaban J connectivity index is 1.79. The molecule has 1 saturated heterocycles. The fraction of sp³-hybridized carbons (Fsp3) is 0.524. The van der Waals surface area contributed by atoms with Gasteiger partial charge in [-0.25, -0.2) is 0 Å². The van der Waals surface area contributed by atoms with Crippen LogP contribution in [0.5, 0.6) is 0 Å². The van der Waals surface area contributed by atoms with E-state index in [4.69, 9.17) is 0 Å². The van der Waals surface area contributed by atoms with Crippen LogP contribution in [-0.4, -0.2) is 57.4 Å². The first-order valence-corrected chi connectivity index (χ1v) is 11.0. The number of carbonyl (C=O) groups is 2. The number of hydrogen-bond acceptors (Lipinski definition) is 3. The molecule has 1 aromatic carbocycles. The third-order valence-corrected chi connectivity index (χ3v) is 6.59. The van der Waals surface area contributed by atoms with Gasteiger partial charge in [-0.15, -0.1) is 11.8 Å². The van der Waals surface area contributed by atoms with Crippen molar-refractivity contribution in [2.45, 2.75) is 39.7 Å². The van der Waals surface area contributed by atoms with Gasteiger partial charge in [0.15, 0.2) is 0 Å². The minimum absolute atomic E-state index is 0.0608. The summed E-state index contributed by atoms with van der Waals surface area (Å²) in [5.74, 6) is 1.78. The molecule has 1 aromatic heterocycles. The predicted molar refractivity (Wildman–Crippen MR) is 112 cm³/mol. The van der Waals surface area contributed by atoms with Gasteiger partial charge in [0.1, 0.15) is 6.04 Å². The maximum atomic E-state index is 13.2. The zero-order valence-electron chi connectivity index (χ0n) is 16.4. The van der Waals surface area contributed by atoms with E-state index in [-0.39, 0.29) is 17.9 Å². The molecule has 27 heavy (non-hydrogen) atoms. The molecule has 0 aliphatic carbocycles. The van der Waals surface area contributed by atoms with Crippen molar-refractivity contribution < 1.29 is 9.59 Å². The van der Waals surface area contributed by atoms with Crippen molar-refractivity contribution in [2.24, 2.45) is 5.92 Å². The Bertz CT molecular complexity index is 800. The second kappa shape index (κ2) is 8.83. The number of benzene rings is 1. The number of likely N-dealkylation sites (N-methyl/N-ethyl adjacent to an activating group) is 1. The Hall–Kier alpha value is -1.95. The van der Waals surface area contributed by atoms with Crippen molar-refractivity contribution in [3.8, 4) is 0 Å². The van der Waals surface area contributed by atoms with Crippen LogP contribution in [-0.2, 0) is 4.79 Å². The number of aromatic nitrogens is 1. The molecule has 2 amide bonds. The standard InChI is InChI=1S/C21H29N3O2S/c1-4-15(5-2)12-23(6-3)21(26)19-13-27-14-24(19)20(25)17-11-22-18-10-8-7-9-16(17)18/h7-11,15,19,22H,4-6,12-14H2,1-3H3. The summed E-state index contributed by atoms with van der Waals surface area (Å²) < 4.78 is 0. The van der Waals surface area contributed by atoms with E-state index in [2.05, 4.69) is 18.8 Å². The van der Waals surface area contributed by atoms with Crippen LogP contribution in [0, 0.1) is 5.92 Å². The molecular formula is C21H29N3O2S. The molecule has 5 nitrogen and oxygen atoms in total. The largest absolute Gasteiger partial charge is 0.360 e. The van der Waals surface area contributed by atoms with Crippen molar-refractivity contribution >= 4 is 34.5 Å². The van der Waals surface area contributed by atoms with Crippen LogP contribution in [0.15, 0.2) is 30.5 Å². The van der Waals surface area contributed by atoms with Crippen molar-refractivity contribution in [3.05, 3.63) is 36.0 Å². The van der Waals surface area contributed by atoms with Crippen LogP contribution < -0.4 is 0 Å². The molecule has 146 valence electrons. The number of thioether (sulfide) groups is 1. The van der Waals surface area contributed by atoms with Gasteiger partial charge in [0.25, 0.3) is 5.91 Å². The minimum Gasteiger partial charge on any atom is -0.360 e. The lowest BCUT2D eigenvalue weighted by Gasteiger charge is -2.31. The lowest BCUT2D eigenvalue weighted by Crippen LogP contribution is -2.50. The summed E-state index contributed by atoms with van der Waals surface area (Å²) >= 11 is 1.66. The van der Waals surface area contributed by atoms with E-state index in [0.29, 0.717) is 29.7 Å². The number of para-hydroxylation sites is 1. The van der Waals surface area contributed by atoms with E-state index < -0.39 is 0 Å². The topological polar surface area (TPSA) is 56.4 Å². The molecule has 0 spiro atoms. The van der Waals surface area contributed by atoms with E-state index in [0.717, 1.165) is 30.3 Å². The summed E-state index contributed by atoms with van der Waals surface area (Å²) in [5.41, 5.74) is 1.59. The smallest absolute Gasteiger partial charge is 0.257 e. The summed E-state index contributed by atoms with van der Waals surface area (Å²) in [6, 6.07) is 7.42. The van der Waals surface area contributed by atoms with E-state index in [1.807, 2.05) is 36.1 Å². The number of amides is 2. The SMILES string of the molecule is CCC(CC)CN(CC)C(=O)C1CSCN1C(=O)c1c[nH]c2ccccc12. The number of rotatable bonds is 7. The van der Waals surface area contributed by atoms with E-state index in [9.17, 15) is 9.59 Å². The number of fused-ring (bicyclic) bond motifs is 1. The van der Waals surface area contributed by atoms with Gasteiger partial charge in [-0.3, -0.25) is 9.59 Å². The van der Waals surface area contributed by atoms with Gasteiger partial charge in [-0.2, -0.15) is 0 Å². The van der Waals surface area contributed by atoms with E-state index in [1.165, 1.54) is 0 Å². The highest BCUT2D eigenvalue weighted by Gasteiger charge is 2.38. The lowest BCUT2D eigenvalue weighted by atomic mass is 10.0. The number of aromatic amines is 1. The highest BCUT2D eigenvalue weighted by atomic mass is 32.2. The fourth-order valence-electron chi connectivity index (χ4n) is 3.69. The molecule has 0 bridgehead atoms. The fourth-order valence-corrected chi connectivity index (χ4v) is 4.84. The molecule has 6 heteroatoms. The molecule has 1 N–H and O–H groups in total. The van der Waals surface area contributed by atoms with Gasteiger partial charge < -0.3 is 14.8 Å². The highest BCUT2D eigenvalue weighted by Crippen LogP contribution is 2.28. The maximum Gasteiger partial charge on any atom is 0.257 e. The highest BCUT2D eigenvalue weighted by molar-refractivity contribution is 7.99. The van der Waals surface area contributed by atoms with Crippen LogP contribution in [0.4, 0.5) is 0 Å². The summed E-state index contributed by atoms with van der Waals surface area (Å²) in [6.45, 7) is 7.83. The average molecular weight is 388 g/mol. The van der Waals surface area contributed by atoms with Crippen LogP contribution in [0.1, 0.15) is 44.0 Å². The van der Waals surface area contributed by atoms with Crippen LogP contribution >= 0.6 is 11.8 Å². The van der Waals surface area contributed by atoms with Gasteiger partial charge in [0, 0.05) is 35.9 Å². The van der Waals surface area contributed by atoms with Crippen molar-refractivity contribution in [1.29, 1.82) is 0 Å². The lowest BCUT2D eigenvalue weighted by molar-refractivity contribution is -0.135. The molecule has 1 atom stereocenters. The van der Waals surface area contributed by atoms with Crippen LogP contribution in [0.3, 0.4) is 0 Å². The second-order valence-electron chi connectivity index (χ2n) is 7.10. The number of carbonyl (C=O) groups excluding carboxylic acids is 2. The Morgan fingerprint density at radius 2 is 2.00 bits per heavy atom. The number of hydrogen-bond donors (Lipinski definition) is 1. The molecule has 0 saturated carbocycles. The Labute approximate surface area is 165 Å². The first kappa shape index (κ1) is 19.8. The molecule has 1 aliphatic heterocycles. The van der Waals surface area contributed by atoms with E-state index in [1.54, 1.807) is 22.9 Å². The van der Waals surface area contributed by atoms with Gasteiger partial charge >= 0.3 is 0 Å². The van der Waals surface area contributed by atoms with Gasteiger partial charge in [-0.1, -0.05) is 44.9 Å². The normalized spacial score (nSPS) is 17.0. The molecule has 1 fully saturated rings.